The minimum atomic E-state index is -1.38. The SMILES string of the molecule is C[C@H](OC(=O)C(C)(C)Oc1ccc(F)cc1)C(=O)Nc1cccnc1Cl. The number of ether oxygens (including phenoxy) is 2. The Morgan fingerprint density at radius 1 is 1.23 bits per heavy atom. The zero-order valence-corrected chi connectivity index (χ0v) is 15.2. The van der Waals surface area contributed by atoms with Crippen molar-refractivity contribution in [2.24, 2.45) is 0 Å². The number of carbonyl (C=O) groups excluding carboxylic acids is 2. The first-order chi connectivity index (χ1) is 12.2. The fourth-order valence-electron chi connectivity index (χ4n) is 1.91. The quantitative estimate of drug-likeness (QED) is 0.612. The lowest BCUT2D eigenvalue weighted by molar-refractivity contribution is -0.166. The van der Waals surface area contributed by atoms with Gasteiger partial charge in [0.2, 0.25) is 0 Å². The number of nitrogens with zero attached hydrogens (tertiary/aromatic N) is 1. The second-order valence-electron chi connectivity index (χ2n) is 5.94. The van der Waals surface area contributed by atoms with Crippen LogP contribution in [-0.4, -0.2) is 28.6 Å². The van der Waals surface area contributed by atoms with Crippen LogP contribution in [0.1, 0.15) is 20.8 Å². The first kappa shape index (κ1) is 19.7. The van der Waals surface area contributed by atoms with Crippen molar-refractivity contribution in [3.63, 3.8) is 0 Å². The number of hydrogen-bond acceptors (Lipinski definition) is 5. The lowest BCUT2D eigenvalue weighted by Gasteiger charge is -2.26. The lowest BCUT2D eigenvalue weighted by Crippen LogP contribution is -2.43. The van der Waals surface area contributed by atoms with E-state index in [1.165, 1.54) is 51.2 Å². The van der Waals surface area contributed by atoms with Crippen LogP contribution in [0.5, 0.6) is 5.75 Å². The van der Waals surface area contributed by atoms with Crippen molar-refractivity contribution >= 4 is 29.2 Å². The molecular weight excluding hydrogens is 363 g/mol. The average Bonchev–Trinajstić information content (AvgIpc) is 2.58. The fraction of sp³-hybridized carbons (Fsp3) is 0.278. The van der Waals surface area contributed by atoms with E-state index in [1.807, 2.05) is 0 Å². The highest BCUT2D eigenvalue weighted by molar-refractivity contribution is 6.32. The van der Waals surface area contributed by atoms with Gasteiger partial charge in [0.25, 0.3) is 5.91 Å². The molecule has 1 aromatic carbocycles. The molecule has 0 aliphatic carbocycles. The summed E-state index contributed by atoms with van der Waals surface area (Å²) >= 11 is 5.87. The summed E-state index contributed by atoms with van der Waals surface area (Å²) in [6.07, 6.45) is 0.395. The maximum atomic E-state index is 12.9. The third kappa shape index (κ3) is 5.16. The number of carbonyl (C=O) groups is 2. The van der Waals surface area contributed by atoms with Crippen LogP contribution in [-0.2, 0) is 14.3 Å². The highest BCUT2D eigenvalue weighted by Gasteiger charge is 2.34. The Morgan fingerprint density at radius 2 is 1.88 bits per heavy atom. The number of esters is 1. The number of rotatable bonds is 6. The van der Waals surface area contributed by atoms with Gasteiger partial charge in [0.15, 0.2) is 16.9 Å². The summed E-state index contributed by atoms with van der Waals surface area (Å²) in [5.74, 6) is -1.43. The zero-order chi connectivity index (χ0) is 19.3. The largest absolute Gasteiger partial charge is 0.476 e. The minimum Gasteiger partial charge on any atom is -0.476 e. The van der Waals surface area contributed by atoms with Gasteiger partial charge in [-0.05, 0) is 57.2 Å². The van der Waals surface area contributed by atoms with E-state index in [2.05, 4.69) is 10.3 Å². The molecule has 0 unspecified atom stereocenters. The maximum absolute atomic E-state index is 12.9. The molecule has 26 heavy (non-hydrogen) atoms. The summed E-state index contributed by atoms with van der Waals surface area (Å²) in [6.45, 7) is 4.40. The first-order valence-electron chi connectivity index (χ1n) is 7.76. The Labute approximate surface area is 155 Å². The number of amides is 1. The predicted molar refractivity (Wildman–Crippen MR) is 94.5 cm³/mol. The fourth-order valence-corrected chi connectivity index (χ4v) is 2.08. The lowest BCUT2D eigenvalue weighted by atomic mass is 10.1. The van der Waals surface area contributed by atoms with E-state index in [0.29, 0.717) is 11.4 Å². The number of anilines is 1. The molecule has 0 saturated heterocycles. The summed E-state index contributed by atoms with van der Waals surface area (Å²) in [6, 6.07) is 8.39. The van der Waals surface area contributed by atoms with Crippen LogP contribution in [0.3, 0.4) is 0 Å². The van der Waals surface area contributed by atoms with Gasteiger partial charge in [0.1, 0.15) is 11.6 Å². The van der Waals surface area contributed by atoms with E-state index >= 15 is 0 Å². The monoisotopic (exact) mass is 380 g/mol. The molecule has 2 rings (SSSR count). The topological polar surface area (TPSA) is 77.5 Å². The Kier molecular flexibility index (Phi) is 6.15. The second-order valence-corrected chi connectivity index (χ2v) is 6.30. The van der Waals surface area contributed by atoms with Gasteiger partial charge in [-0.3, -0.25) is 4.79 Å². The first-order valence-corrected chi connectivity index (χ1v) is 8.14. The highest BCUT2D eigenvalue weighted by Crippen LogP contribution is 2.21. The molecule has 8 heteroatoms. The summed E-state index contributed by atoms with van der Waals surface area (Å²) in [5.41, 5.74) is -1.07. The van der Waals surface area contributed by atoms with Crippen molar-refractivity contribution in [2.45, 2.75) is 32.5 Å². The highest BCUT2D eigenvalue weighted by atomic mass is 35.5. The molecule has 0 fully saturated rings. The number of benzene rings is 1. The third-order valence-electron chi connectivity index (χ3n) is 3.35. The van der Waals surface area contributed by atoms with Crippen LogP contribution >= 0.6 is 11.6 Å². The summed E-state index contributed by atoms with van der Waals surface area (Å²) in [5, 5.41) is 2.65. The van der Waals surface area contributed by atoms with Gasteiger partial charge in [0.05, 0.1) is 5.69 Å². The van der Waals surface area contributed by atoms with E-state index in [0.717, 1.165) is 0 Å². The molecule has 0 spiro atoms. The van der Waals surface area contributed by atoms with Crippen LogP contribution in [0.25, 0.3) is 0 Å². The normalized spacial score (nSPS) is 12.2. The van der Waals surface area contributed by atoms with Crippen molar-refractivity contribution in [2.75, 3.05) is 5.32 Å². The Hall–Kier alpha value is -2.67. The third-order valence-corrected chi connectivity index (χ3v) is 3.65. The van der Waals surface area contributed by atoms with Crippen molar-refractivity contribution in [1.29, 1.82) is 0 Å². The molecule has 0 aliphatic heterocycles. The van der Waals surface area contributed by atoms with Crippen molar-refractivity contribution in [3.05, 3.63) is 53.6 Å². The molecule has 0 bridgehead atoms. The van der Waals surface area contributed by atoms with Crippen LogP contribution in [0.2, 0.25) is 5.15 Å². The molecular formula is C18H18ClFN2O4. The van der Waals surface area contributed by atoms with Gasteiger partial charge < -0.3 is 14.8 Å². The summed E-state index contributed by atoms with van der Waals surface area (Å²) in [4.78, 5) is 28.3. The van der Waals surface area contributed by atoms with Gasteiger partial charge in [-0.2, -0.15) is 0 Å². The van der Waals surface area contributed by atoms with Crippen LogP contribution in [0, 0.1) is 5.82 Å². The number of hydrogen-bond donors (Lipinski definition) is 1. The smallest absolute Gasteiger partial charge is 0.350 e. The number of nitrogens with one attached hydrogen (secondary N) is 1. The van der Waals surface area contributed by atoms with E-state index in [1.54, 1.807) is 12.1 Å². The van der Waals surface area contributed by atoms with Crippen molar-refractivity contribution in [3.8, 4) is 5.75 Å². The average molecular weight is 381 g/mol. The molecule has 1 N–H and O–H groups in total. The molecule has 138 valence electrons. The molecule has 1 atom stereocenters. The minimum absolute atomic E-state index is 0.124. The molecule has 1 heterocycles. The number of aromatic nitrogens is 1. The zero-order valence-electron chi connectivity index (χ0n) is 14.5. The Morgan fingerprint density at radius 3 is 2.50 bits per heavy atom. The Balaban J connectivity index is 1.97. The van der Waals surface area contributed by atoms with E-state index in [-0.39, 0.29) is 5.15 Å². The molecule has 0 radical (unpaired) electrons. The van der Waals surface area contributed by atoms with Gasteiger partial charge in [0, 0.05) is 6.20 Å². The molecule has 1 aromatic heterocycles. The maximum Gasteiger partial charge on any atom is 0.350 e. The van der Waals surface area contributed by atoms with Crippen molar-refractivity contribution < 1.29 is 23.5 Å². The van der Waals surface area contributed by atoms with Gasteiger partial charge in [-0.1, -0.05) is 11.6 Å². The summed E-state index contributed by atoms with van der Waals surface area (Å²) < 4.78 is 23.6. The second kappa shape index (κ2) is 8.14. The van der Waals surface area contributed by atoms with Crippen LogP contribution in [0.15, 0.2) is 42.6 Å². The standard InChI is InChI=1S/C18H18ClFN2O4/c1-11(16(23)22-14-5-4-10-21-15(14)19)25-17(24)18(2,3)26-13-8-6-12(20)7-9-13/h4-11H,1-3H3,(H,22,23)/t11-/m0/s1. The van der Waals surface area contributed by atoms with E-state index < -0.39 is 29.4 Å². The van der Waals surface area contributed by atoms with Crippen LogP contribution in [0.4, 0.5) is 10.1 Å². The predicted octanol–water partition coefficient (Wildman–Crippen LogP) is 3.60. The molecule has 0 aliphatic rings. The van der Waals surface area contributed by atoms with Gasteiger partial charge in [-0.25, -0.2) is 14.2 Å². The van der Waals surface area contributed by atoms with Crippen LogP contribution < -0.4 is 10.1 Å². The van der Waals surface area contributed by atoms with E-state index in [4.69, 9.17) is 21.1 Å². The van der Waals surface area contributed by atoms with Gasteiger partial charge in [-0.15, -0.1) is 0 Å². The number of pyridine rings is 1. The molecule has 1 amide bonds. The number of halogens is 2. The Bertz CT molecular complexity index is 796. The molecule has 0 saturated carbocycles. The molecule has 6 nitrogen and oxygen atoms in total. The van der Waals surface area contributed by atoms with Gasteiger partial charge >= 0.3 is 5.97 Å². The molecule has 2 aromatic rings. The van der Waals surface area contributed by atoms with Crippen molar-refractivity contribution in [1.82, 2.24) is 4.98 Å². The van der Waals surface area contributed by atoms with E-state index in [9.17, 15) is 14.0 Å². The summed E-state index contributed by atoms with van der Waals surface area (Å²) in [7, 11) is 0.